The molecule has 4 aromatic rings. The molecule has 1 amide bonds. The molecule has 2 saturated carbocycles. The van der Waals surface area contributed by atoms with E-state index in [9.17, 15) is 9.90 Å². The maximum absolute atomic E-state index is 13.5. The van der Waals surface area contributed by atoms with Gasteiger partial charge in [0.05, 0.1) is 22.9 Å². The predicted molar refractivity (Wildman–Crippen MR) is 154 cm³/mol. The highest BCUT2D eigenvalue weighted by Crippen LogP contribution is 2.39. The lowest BCUT2D eigenvalue weighted by Crippen LogP contribution is -2.41. The second kappa shape index (κ2) is 9.04. The summed E-state index contributed by atoms with van der Waals surface area (Å²) in [6.07, 6.45) is 8.04. The second-order valence-electron chi connectivity index (χ2n) is 12.6. The Labute approximate surface area is 233 Å². The van der Waals surface area contributed by atoms with Crippen LogP contribution in [0, 0.1) is 18.8 Å². The number of hydrogen-bond donors (Lipinski definition) is 2. The first kappa shape index (κ1) is 24.4. The topological polar surface area (TPSA) is 105 Å². The summed E-state index contributed by atoms with van der Waals surface area (Å²) in [5, 5.41) is 16.4. The van der Waals surface area contributed by atoms with Crippen molar-refractivity contribution in [3.05, 3.63) is 47.7 Å². The van der Waals surface area contributed by atoms with Crippen LogP contribution in [0.25, 0.3) is 27.9 Å². The van der Waals surface area contributed by atoms with Crippen molar-refractivity contribution in [3.63, 3.8) is 0 Å². The highest BCUT2D eigenvalue weighted by atomic mass is 16.3. The van der Waals surface area contributed by atoms with Crippen LogP contribution in [-0.4, -0.2) is 72.9 Å². The molecule has 3 unspecified atom stereocenters. The van der Waals surface area contributed by atoms with Crippen LogP contribution in [0.1, 0.15) is 54.4 Å². The summed E-state index contributed by atoms with van der Waals surface area (Å²) in [4.78, 5) is 22.8. The number of aliphatic hydroxyl groups excluding tert-OH is 1. The van der Waals surface area contributed by atoms with E-state index in [0.717, 1.165) is 84.6 Å². The summed E-state index contributed by atoms with van der Waals surface area (Å²) in [6.45, 7) is 5.35. The number of carbonyl (C=O) groups is 1. The Hall–Kier alpha value is -3.43. The van der Waals surface area contributed by atoms with Crippen LogP contribution in [0.5, 0.6) is 0 Å². The standard InChI is InChI=1S/C31H37N7O2/c1-18-24-9-7-22(31(40)37-15-21-6-10-25(37)28(21)32)16-38(24)34-29(18)26-13-20-8-11-27(35-12-2-3-23(39)17-35)33-30(20)36(26)14-19-4-5-19/h7-9,11,13,16,19,21,23,25,28,39H,2-6,10,12,14-15,17,32H2,1H3/t21?,23?,25?,28-/m1/s1. The number of aliphatic hydroxyl groups is 1. The van der Waals surface area contributed by atoms with Crippen LogP contribution < -0.4 is 10.6 Å². The Morgan fingerprint density at radius 1 is 1.10 bits per heavy atom. The number of hydrogen-bond acceptors (Lipinski definition) is 6. The molecule has 4 fully saturated rings. The number of amides is 1. The molecule has 0 radical (unpaired) electrons. The summed E-state index contributed by atoms with van der Waals surface area (Å²) < 4.78 is 4.22. The van der Waals surface area contributed by atoms with Crippen LogP contribution in [0.15, 0.2) is 36.5 Å². The molecular formula is C31H37N7O2. The molecule has 2 bridgehead atoms. The summed E-state index contributed by atoms with van der Waals surface area (Å²) >= 11 is 0. The number of β-amino-alcohol motifs (C(OH)–C–C–N with tert-alkyl or cyclic N) is 1. The van der Waals surface area contributed by atoms with Crippen LogP contribution >= 0.6 is 0 Å². The number of nitrogens with zero attached hydrogens (tertiary/aromatic N) is 6. The molecule has 3 N–H and O–H groups in total. The van der Waals surface area contributed by atoms with Crippen molar-refractivity contribution in [2.75, 3.05) is 24.5 Å². The molecule has 9 heteroatoms. The molecular weight excluding hydrogens is 502 g/mol. The predicted octanol–water partition coefficient (Wildman–Crippen LogP) is 3.59. The van der Waals surface area contributed by atoms with E-state index >= 15 is 0 Å². The fourth-order valence-electron chi connectivity index (χ4n) is 7.39. The Morgan fingerprint density at radius 2 is 1.98 bits per heavy atom. The minimum atomic E-state index is -0.296. The van der Waals surface area contributed by atoms with Gasteiger partial charge in [-0.15, -0.1) is 0 Å². The molecule has 4 aromatic heterocycles. The van der Waals surface area contributed by atoms with E-state index in [4.69, 9.17) is 15.8 Å². The molecule has 9 nitrogen and oxygen atoms in total. The zero-order valence-corrected chi connectivity index (χ0v) is 23.0. The van der Waals surface area contributed by atoms with Gasteiger partial charge in [-0.3, -0.25) is 4.79 Å². The summed E-state index contributed by atoms with van der Waals surface area (Å²) in [5.74, 6) is 2.08. The number of piperidine rings is 2. The Kier molecular flexibility index (Phi) is 5.51. The first-order chi connectivity index (χ1) is 19.4. The zero-order valence-electron chi connectivity index (χ0n) is 23.0. The molecule has 4 atom stereocenters. The van der Waals surface area contributed by atoms with Crippen molar-refractivity contribution in [2.24, 2.45) is 17.6 Å². The van der Waals surface area contributed by atoms with Gasteiger partial charge in [0.25, 0.3) is 5.91 Å². The van der Waals surface area contributed by atoms with Gasteiger partial charge in [-0.25, -0.2) is 9.50 Å². The lowest BCUT2D eigenvalue weighted by atomic mass is 10.1. The third kappa shape index (κ3) is 3.85. The van der Waals surface area contributed by atoms with Gasteiger partial charge in [0.1, 0.15) is 17.2 Å². The second-order valence-corrected chi connectivity index (χ2v) is 12.6. The number of fused-ring (bicyclic) bond motifs is 4. The van der Waals surface area contributed by atoms with Crippen LogP contribution in [0.2, 0.25) is 0 Å². The number of carbonyl (C=O) groups excluding carboxylic acids is 1. The van der Waals surface area contributed by atoms with Gasteiger partial charge in [0.2, 0.25) is 0 Å². The maximum Gasteiger partial charge on any atom is 0.255 e. The lowest BCUT2D eigenvalue weighted by molar-refractivity contribution is 0.0700. The Bertz CT molecular complexity index is 1640. The van der Waals surface area contributed by atoms with E-state index in [0.29, 0.717) is 23.9 Å². The maximum atomic E-state index is 13.5. The first-order valence-electron chi connectivity index (χ1n) is 14.9. The lowest BCUT2D eigenvalue weighted by Gasteiger charge is -2.31. The molecule has 0 spiro atoms. The third-order valence-electron chi connectivity index (χ3n) is 9.87. The number of likely N-dealkylation sites (tertiary alicyclic amines) is 1. The minimum absolute atomic E-state index is 0.0571. The first-order valence-corrected chi connectivity index (χ1v) is 14.9. The van der Waals surface area contributed by atoms with Crippen LogP contribution in [0.4, 0.5) is 5.82 Å². The Morgan fingerprint density at radius 3 is 2.73 bits per heavy atom. The van der Waals surface area contributed by atoms with Crippen molar-refractivity contribution < 1.29 is 9.90 Å². The van der Waals surface area contributed by atoms with E-state index < -0.39 is 0 Å². The van der Waals surface area contributed by atoms with Crippen LogP contribution in [-0.2, 0) is 6.54 Å². The SMILES string of the molecule is Cc1c(-c2cc3ccc(N4CCCC(O)C4)nc3n2CC2CC2)nn2cc(C(=O)N3CC4CCC3[C@@H]4N)ccc12. The van der Waals surface area contributed by atoms with Crippen molar-refractivity contribution in [1.29, 1.82) is 0 Å². The van der Waals surface area contributed by atoms with Gasteiger partial charge in [0.15, 0.2) is 0 Å². The fraction of sp³-hybridized carbons (Fsp3) is 0.516. The number of nitrogens with two attached hydrogens (primary N) is 1. The van der Waals surface area contributed by atoms with E-state index in [2.05, 4.69) is 34.6 Å². The van der Waals surface area contributed by atoms with E-state index in [1.165, 1.54) is 12.8 Å². The van der Waals surface area contributed by atoms with E-state index in [1.54, 1.807) is 0 Å². The highest BCUT2D eigenvalue weighted by molar-refractivity contribution is 5.95. The molecule has 2 aliphatic carbocycles. The molecule has 2 saturated heterocycles. The zero-order chi connectivity index (χ0) is 27.1. The van der Waals surface area contributed by atoms with Gasteiger partial charge in [-0.2, -0.15) is 5.10 Å². The smallest absolute Gasteiger partial charge is 0.255 e. The average molecular weight is 540 g/mol. The minimum Gasteiger partial charge on any atom is -0.391 e. The quantitative estimate of drug-likeness (QED) is 0.402. The fourth-order valence-corrected chi connectivity index (χ4v) is 7.39. The van der Waals surface area contributed by atoms with E-state index in [1.807, 2.05) is 27.7 Å². The molecule has 6 heterocycles. The average Bonchev–Trinajstić information content (AvgIpc) is 3.37. The van der Waals surface area contributed by atoms with Crippen molar-refractivity contribution in [2.45, 2.75) is 70.2 Å². The van der Waals surface area contributed by atoms with Gasteiger partial charge >= 0.3 is 0 Å². The number of rotatable bonds is 5. The summed E-state index contributed by atoms with van der Waals surface area (Å²) in [5.41, 5.74) is 12.1. The van der Waals surface area contributed by atoms with Crippen molar-refractivity contribution in [3.8, 4) is 11.4 Å². The van der Waals surface area contributed by atoms with Crippen molar-refractivity contribution in [1.82, 2.24) is 24.1 Å². The summed E-state index contributed by atoms with van der Waals surface area (Å²) in [6, 6.07) is 10.7. The molecule has 208 valence electrons. The Balaban J connectivity index is 1.18. The summed E-state index contributed by atoms with van der Waals surface area (Å²) in [7, 11) is 0. The van der Waals surface area contributed by atoms with Gasteiger partial charge < -0.3 is 25.2 Å². The molecule has 4 aliphatic rings. The monoisotopic (exact) mass is 539 g/mol. The normalized spacial score (nSPS) is 26.5. The number of aromatic nitrogens is 4. The van der Waals surface area contributed by atoms with Crippen molar-refractivity contribution >= 4 is 28.3 Å². The van der Waals surface area contributed by atoms with Gasteiger partial charge in [-0.05, 0) is 87.6 Å². The molecule has 8 rings (SSSR count). The van der Waals surface area contributed by atoms with E-state index in [-0.39, 0.29) is 24.1 Å². The van der Waals surface area contributed by atoms with Gasteiger partial charge in [-0.1, -0.05) is 0 Å². The highest BCUT2D eigenvalue weighted by Gasteiger charge is 2.46. The molecule has 40 heavy (non-hydrogen) atoms. The van der Waals surface area contributed by atoms with Crippen LogP contribution in [0.3, 0.4) is 0 Å². The number of aryl methyl sites for hydroxylation is 1. The molecule has 0 aromatic carbocycles. The van der Waals surface area contributed by atoms with Gasteiger partial charge in [0, 0.05) is 55.4 Å². The molecule has 2 aliphatic heterocycles. The largest absolute Gasteiger partial charge is 0.391 e. The number of anilines is 1. The number of pyridine rings is 2. The third-order valence-corrected chi connectivity index (χ3v) is 9.87.